The Morgan fingerprint density at radius 3 is 2.33 bits per heavy atom. The molecule has 6 nitrogen and oxygen atoms in total. The van der Waals surface area contributed by atoms with Gasteiger partial charge >= 0.3 is 0 Å². The molecule has 2 N–H and O–H groups in total. The van der Waals surface area contributed by atoms with Gasteiger partial charge in [0.05, 0.1) is 18.9 Å². The molecule has 2 fully saturated rings. The van der Waals surface area contributed by atoms with Gasteiger partial charge in [0.2, 0.25) is 11.8 Å². The second-order valence-corrected chi connectivity index (χ2v) is 6.39. The first-order valence-corrected chi connectivity index (χ1v) is 7.67. The van der Waals surface area contributed by atoms with Crippen LogP contribution < -0.4 is 10.2 Å². The first-order valence-electron chi connectivity index (χ1n) is 7.67. The Hall–Kier alpha value is -1.69. The van der Waals surface area contributed by atoms with Crippen LogP contribution in [0.3, 0.4) is 0 Å². The number of quaternary nitrogens is 1. The smallest absolute Gasteiger partial charge is 0.275 e. The first kappa shape index (κ1) is 14.3. The number of carbonyl (C=O) groups excluding carboxylic acids is 3. The van der Waals surface area contributed by atoms with Crippen molar-refractivity contribution in [1.82, 2.24) is 10.2 Å². The van der Waals surface area contributed by atoms with Crippen molar-refractivity contribution in [2.24, 2.45) is 11.8 Å². The quantitative estimate of drug-likeness (QED) is 0.488. The van der Waals surface area contributed by atoms with Crippen LogP contribution in [0.1, 0.15) is 25.7 Å². The molecule has 0 bridgehead atoms. The highest BCUT2D eigenvalue weighted by molar-refractivity contribution is 6.05. The summed E-state index contributed by atoms with van der Waals surface area (Å²) in [6.07, 6.45) is 7.40. The van der Waals surface area contributed by atoms with Crippen molar-refractivity contribution in [2.45, 2.75) is 31.7 Å². The van der Waals surface area contributed by atoms with E-state index >= 15 is 0 Å². The molecule has 0 radical (unpaired) electrons. The third kappa shape index (κ3) is 3.00. The molecule has 1 aliphatic heterocycles. The molecule has 3 rings (SSSR count). The monoisotopic (exact) mass is 292 g/mol. The van der Waals surface area contributed by atoms with Gasteiger partial charge in [-0.3, -0.25) is 14.4 Å². The lowest BCUT2D eigenvalue weighted by Gasteiger charge is -2.20. The molecule has 3 amide bonds. The topological polar surface area (TPSA) is 70.9 Å². The minimum absolute atomic E-state index is 0.00632. The molecule has 0 aromatic rings. The van der Waals surface area contributed by atoms with Gasteiger partial charge in [0.1, 0.15) is 0 Å². The Morgan fingerprint density at radius 2 is 1.81 bits per heavy atom. The molecule has 1 saturated heterocycles. The molecule has 2 aliphatic carbocycles. The van der Waals surface area contributed by atoms with Crippen molar-refractivity contribution in [3.63, 3.8) is 0 Å². The maximum atomic E-state index is 12.3. The van der Waals surface area contributed by atoms with E-state index < -0.39 is 0 Å². The summed E-state index contributed by atoms with van der Waals surface area (Å²) in [7, 11) is 1.84. The van der Waals surface area contributed by atoms with Crippen molar-refractivity contribution in [2.75, 3.05) is 20.3 Å². The van der Waals surface area contributed by atoms with Crippen LogP contribution in [0.4, 0.5) is 0 Å². The number of amides is 3. The molecular weight excluding hydrogens is 270 g/mol. The predicted molar refractivity (Wildman–Crippen MR) is 75.0 cm³/mol. The van der Waals surface area contributed by atoms with E-state index in [4.69, 9.17) is 0 Å². The second-order valence-electron chi connectivity index (χ2n) is 6.39. The van der Waals surface area contributed by atoms with Crippen LogP contribution in [0, 0.1) is 11.8 Å². The molecule has 1 unspecified atom stereocenters. The van der Waals surface area contributed by atoms with E-state index in [0.29, 0.717) is 25.4 Å². The number of rotatable bonds is 5. The van der Waals surface area contributed by atoms with Gasteiger partial charge in [0.25, 0.3) is 5.91 Å². The fourth-order valence-electron chi connectivity index (χ4n) is 3.13. The van der Waals surface area contributed by atoms with Crippen LogP contribution >= 0.6 is 0 Å². The van der Waals surface area contributed by atoms with Gasteiger partial charge in [-0.1, -0.05) is 12.2 Å². The summed E-state index contributed by atoms with van der Waals surface area (Å²) >= 11 is 0. The van der Waals surface area contributed by atoms with Gasteiger partial charge in [-0.2, -0.15) is 0 Å². The third-order valence-corrected chi connectivity index (χ3v) is 4.43. The van der Waals surface area contributed by atoms with E-state index in [1.54, 1.807) is 0 Å². The molecule has 0 aromatic heterocycles. The molecule has 21 heavy (non-hydrogen) atoms. The highest BCUT2D eigenvalue weighted by Crippen LogP contribution is 2.34. The lowest BCUT2D eigenvalue weighted by atomic mass is 9.85. The number of carbonyl (C=O) groups is 3. The zero-order valence-corrected chi connectivity index (χ0v) is 12.3. The van der Waals surface area contributed by atoms with Gasteiger partial charge in [0, 0.05) is 6.04 Å². The first-order chi connectivity index (χ1) is 10.1. The van der Waals surface area contributed by atoms with Crippen LogP contribution in [0.25, 0.3) is 0 Å². The lowest BCUT2D eigenvalue weighted by Crippen LogP contribution is -3.12. The summed E-state index contributed by atoms with van der Waals surface area (Å²) in [5.74, 6) is -0.521. The lowest BCUT2D eigenvalue weighted by molar-refractivity contribution is -0.879. The van der Waals surface area contributed by atoms with Crippen molar-refractivity contribution in [3.05, 3.63) is 12.2 Å². The van der Waals surface area contributed by atoms with Crippen molar-refractivity contribution >= 4 is 17.7 Å². The van der Waals surface area contributed by atoms with Gasteiger partial charge in [-0.05, 0) is 25.7 Å². The molecule has 1 heterocycles. The molecule has 3 aliphatic rings. The van der Waals surface area contributed by atoms with Gasteiger partial charge in [-0.25, -0.2) is 4.90 Å². The molecule has 0 aromatic carbocycles. The fraction of sp³-hybridized carbons (Fsp3) is 0.667. The summed E-state index contributed by atoms with van der Waals surface area (Å²) in [5.41, 5.74) is 0. The SMILES string of the molecule is C[NH+](CC(=O)NC1CC1)CN1C(=O)[C@H]2CC=CC[C@@H]2C1=O. The minimum Gasteiger partial charge on any atom is -0.348 e. The molecule has 3 atom stereocenters. The molecule has 6 heteroatoms. The van der Waals surface area contributed by atoms with Crippen LogP contribution in [-0.4, -0.2) is 48.9 Å². The average molecular weight is 292 g/mol. The Morgan fingerprint density at radius 1 is 1.24 bits per heavy atom. The maximum absolute atomic E-state index is 12.3. The highest BCUT2D eigenvalue weighted by Gasteiger charge is 2.48. The summed E-state index contributed by atoms with van der Waals surface area (Å²) in [6, 6.07) is 0.342. The van der Waals surface area contributed by atoms with Crippen molar-refractivity contribution < 1.29 is 19.3 Å². The Balaban J connectivity index is 1.55. The van der Waals surface area contributed by atoms with E-state index in [1.807, 2.05) is 19.2 Å². The Labute approximate surface area is 124 Å². The molecule has 114 valence electrons. The number of fused-ring (bicyclic) bond motifs is 1. The zero-order chi connectivity index (χ0) is 15.0. The number of imide groups is 1. The maximum Gasteiger partial charge on any atom is 0.275 e. The van der Waals surface area contributed by atoms with E-state index in [9.17, 15) is 14.4 Å². The van der Waals surface area contributed by atoms with E-state index in [0.717, 1.165) is 17.7 Å². The molecule has 0 spiro atoms. The van der Waals surface area contributed by atoms with Gasteiger partial charge in [-0.15, -0.1) is 0 Å². The number of hydrogen-bond donors (Lipinski definition) is 2. The van der Waals surface area contributed by atoms with Gasteiger partial charge < -0.3 is 10.2 Å². The predicted octanol–water partition coefficient (Wildman–Crippen LogP) is -1.31. The van der Waals surface area contributed by atoms with Crippen LogP contribution in [0.15, 0.2) is 12.2 Å². The highest BCUT2D eigenvalue weighted by atomic mass is 16.2. The number of likely N-dealkylation sites (tertiary alicyclic amines) is 1. The van der Waals surface area contributed by atoms with Crippen LogP contribution in [-0.2, 0) is 14.4 Å². The molecular formula is C15H22N3O3+. The number of nitrogens with zero attached hydrogens (tertiary/aromatic N) is 1. The summed E-state index contributed by atoms with van der Waals surface area (Å²) in [4.78, 5) is 38.6. The Bertz CT molecular complexity index is 472. The van der Waals surface area contributed by atoms with Gasteiger partial charge in [0.15, 0.2) is 13.2 Å². The molecule has 1 saturated carbocycles. The third-order valence-electron chi connectivity index (χ3n) is 4.43. The Kier molecular flexibility index (Phi) is 3.80. The standard InChI is InChI=1S/C15H21N3O3/c1-17(8-13(19)16-10-6-7-10)9-18-14(20)11-4-2-3-5-12(11)15(18)21/h2-3,10-12H,4-9H2,1H3,(H,16,19)/p+1/t11-,12-/m0/s1. The van der Waals surface area contributed by atoms with E-state index in [2.05, 4.69) is 5.32 Å². The summed E-state index contributed by atoms with van der Waals surface area (Å²) in [6.45, 7) is 0.573. The fourth-order valence-corrected chi connectivity index (χ4v) is 3.13. The van der Waals surface area contributed by atoms with Crippen molar-refractivity contribution in [1.29, 1.82) is 0 Å². The summed E-state index contributed by atoms with van der Waals surface area (Å²) < 4.78 is 0. The van der Waals surface area contributed by atoms with E-state index in [-0.39, 0.29) is 36.2 Å². The largest absolute Gasteiger partial charge is 0.348 e. The number of allylic oxidation sites excluding steroid dienone is 2. The number of nitrogens with one attached hydrogen (secondary N) is 2. The van der Waals surface area contributed by atoms with Crippen LogP contribution in [0.5, 0.6) is 0 Å². The number of likely N-dealkylation sites (N-methyl/N-ethyl adjacent to an activating group) is 1. The van der Waals surface area contributed by atoms with Crippen molar-refractivity contribution in [3.8, 4) is 0 Å². The second kappa shape index (κ2) is 5.60. The summed E-state index contributed by atoms with van der Waals surface area (Å²) in [5, 5.41) is 2.92. The normalized spacial score (nSPS) is 29.5. The number of hydrogen-bond acceptors (Lipinski definition) is 3. The van der Waals surface area contributed by atoms with E-state index in [1.165, 1.54) is 4.90 Å². The zero-order valence-electron chi connectivity index (χ0n) is 12.3. The minimum atomic E-state index is -0.185. The average Bonchev–Trinajstić information content (AvgIpc) is 3.23. The van der Waals surface area contributed by atoms with Crippen LogP contribution in [0.2, 0.25) is 0 Å².